The molecule has 0 fully saturated rings. The van der Waals surface area contributed by atoms with Crippen LogP contribution in [0.4, 0.5) is 0 Å². The molecule has 6 heteroatoms. The topological polar surface area (TPSA) is 110 Å². The summed E-state index contributed by atoms with van der Waals surface area (Å²) in [5.74, 6) is 9.28. The highest BCUT2D eigenvalue weighted by Gasteiger charge is 2.48. The lowest BCUT2D eigenvalue weighted by Crippen LogP contribution is -2.58. The molecule has 6 nitrogen and oxygen atoms in total. The summed E-state index contributed by atoms with van der Waals surface area (Å²) < 4.78 is 0. The van der Waals surface area contributed by atoms with E-state index in [9.17, 15) is 9.59 Å². The van der Waals surface area contributed by atoms with E-state index in [1.165, 1.54) is 0 Å². The van der Waals surface area contributed by atoms with Gasteiger partial charge in [-0.05, 0) is 11.1 Å². The molecular weight excluding hydrogens is 268 g/mol. The van der Waals surface area contributed by atoms with E-state index in [0.29, 0.717) is 11.1 Å². The van der Waals surface area contributed by atoms with Crippen molar-refractivity contribution in [1.82, 2.24) is 10.9 Å². The van der Waals surface area contributed by atoms with Gasteiger partial charge in [0.05, 0.1) is 0 Å². The number of nitrogens with two attached hydrogens (primary N) is 2. The molecule has 108 valence electrons. The first-order valence-electron chi connectivity index (χ1n) is 6.31. The highest BCUT2D eigenvalue weighted by atomic mass is 16.2. The van der Waals surface area contributed by atoms with Crippen molar-refractivity contribution in [2.45, 2.75) is 5.41 Å². The predicted molar refractivity (Wildman–Crippen MR) is 78.3 cm³/mol. The number of amides is 2. The minimum Gasteiger partial charge on any atom is -0.293 e. The maximum Gasteiger partial charge on any atom is 0.258 e. The summed E-state index contributed by atoms with van der Waals surface area (Å²) >= 11 is 0. The Balaban J connectivity index is 2.78. The maximum absolute atomic E-state index is 12.5. The number of rotatable bonds is 4. The molecule has 0 bridgehead atoms. The number of hydrogen-bond acceptors (Lipinski definition) is 4. The third-order valence-corrected chi connectivity index (χ3v) is 3.36. The van der Waals surface area contributed by atoms with Crippen LogP contribution in [-0.2, 0) is 15.0 Å². The van der Waals surface area contributed by atoms with Crippen LogP contribution in [0.15, 0.2) is 60.7 Å². The van der Waals surface area contributed by atoms with E-state index in [2.05, 4.69) is 10.9 Å². The third kappa shape index (κ3) is 2.37. The van der Waals surface area contributed by atoms with Crippen LogP contribution in [0.25, 0.3) is 0 Å². The number of hydrazine groups is 2. The van der Waals surface area contributed by atoms with Crippen molar-refractivity contribution in [2.24, 2.45) is 11.7 Å². The lowest BCUT2D eigenvalue weighted by Gasteiger charge is -2.30. The molecule has 0 atom stereocenters. The van der Waals surface area contributed by atoms with Gasteiger partial charge in [-0.2, -0.15) is 0 Å². The van der Waals surface area contributed by atoms with Gasteiger partial charge in [0.25, 0.3) is 11.8 Å². The summed E-state index contributed by atoms with van der Waals surface area (Å²) in [6.45, 7) is 0. The molecule has 0 aliphatic heterocycles. The molecule has 6 N–H and O–H groups in total. The van der Waals surface area contributed by atoms with Crippen LogP contribution < -0.4 is 22.5 Å². The van der Waals surface area contributed by atoms with Gasteiger partial charge in [-0.15, -0.1) is 0 Å². The second kappa shape index (κ2) is 6.17. The van der Waals surface area contributed by atoms with Crippen LogP contribution in [0.5, 0.6) is 0 Å². The summed E-state index contributed by atoms with van der Waals surface area (Å²) in [5, 5.41) is 0. The molecule has 2 rings (SSSR count). The average Bonchev–Trinajstić information content (AvgIpc) is 2.57. The summed E-state index contributed by atoms with van der Waals surface area (Å²) in [4.78, 5) is 25.0. The molecule has 0 spiro atoms. The van der Waals surface area contributed by atoms with E-state index >= 15 is 0 Å². The fourth-order valence-electron chi connectivity index (χ4n) is 2.39. The Bertz CT molecular complexity index is 571. The van der Waals surface area contributed by atoms with Crippen molar-refractivity contribution in [3.05, 3.63) is 71.8 Å². The number of nitrogens with one attached hydrogen (secondary N) is 2. The molecule has 2 aromatic rings. The minimum absolute atomic E-state index is 0.474. The van der Waals surface area contributed by atoms with Crippen LogP contribution in [0.3, 0.4) is 0 Å². The first kappa shape index (κ1) is 14.7. The van der Waals surface area contributed by atoms with Crippen LogP contribution in [0.1, 0.15) is 11.1 Å². The smallest absolute Gasteiger partial charge is 0.258 e. The van der Waals surface area contributed by atoms with Crippen molar-refractivity contribution in [1.29, 1.82) is 0 Å². The SMILES string of the molecule is NNC(=O)C(C(=O)NN)(c1ccccc1)c1ccccc1. The summed E-state index contributed by atoms with van der Waals surface area (Å²) in [6.07, 6.45) is 0. The van der Waals surface area contributed by atoms with Crippen molar-refractivity contribution in [3.63, 3.8) is 0 Å². The van der Waals surface area contributed by atoms with Crippen molar-refractivity contribution < 1.29 is 9.59 Å². The number of carbonyl (C=O) groups is 2. The largest absolute Gasteiger partial charge is 0.293 e. The Morgan fingerprint density at radius 3 is 1.33 bits per heavy atom. The Hall–Kier alpha value is -2.70. The van der Waals surface area contributed by atoms with Crippen LogP contribution in [0, 0.1) is 0 Å². The van der Waals surface area contributed by atoms with Gasteiger partial charge in [-0.1, -0.05) is 60.7 Å². The van der Waals surface area contributed by atoms with Crippen LogP contribution in [-0.4, -0.2) is 11.8 Å². The van der Waals surface area contributed by atoms with E-state index in [1.807, 2.05) is 0 Å². The van der Waals surface area contributed by atoms with Gasteiger partial charge in [-0.3, -0.25) is 20.4 Å². The van der Waals surface area contributed by atoms with Crippen molar-refractivity contribution in [3.8, 4) is 0 Å². The lowest BCUT2D eigenvalue weighted by molar-refractivity contribution is -0.136. The second-order valence-corrected chi connectivity index (χ2v) is 4.43. The molecule has 0 radical (unpaired) electrons. The maximum atomic E-state index is 12.5. The Kier molecular flexibility index (Phi) is 4.32. The van der Waals surface area contributed by atoms with E-state index in [1.54, 1.807) is 60.7 Å². The molecule has 2 amide bonds. The Morgan fingerprint density at radius 2 is 1.05 bits per heavy atom. The number of hydrogen-bond donors (Lipinski definition) is 4. The fourth-order valence-corrected chi connectivity index (χ4v) is 2.39. The minimum atomic E-state index is -1.65. The zero-order chi connectivity index (χ0) is 15.3. The molecule has 0 aromatic heterocycles. The molecule has 2 aromatic carbocycles. The fraction of sp³-hybridized carbons (Fsp3) is 0.0667. The standard InChI is InChI=1S/C15H16N4O2/c16-18-13(20)15(14(21)19-17,11-7-3-1-4-8-11)12-9-5-2-6-10-12/h1-10H,16-17H2,(H,18,20)(H,19,21). The number of carbonyl (C=O) groups excluding carboxylic acids is 2. The zero-order valence-electron chi connectivity index (χ0n) is 11.2. The molecule has 21 heavy (non-hydrogen) atoms. The van der Waals surface area contributed by atoms with E-state index < -0.39 is 17.2 Å². The number of benzene rings is 2. The molecule has 0 saturated heterocycles. The third-order valence-electron chi connectivity index (χ3n) is 3.36. The zero-order valence-corrected chi connectivity index (χ0v) is 11.2. The van der Waals surface area contributed by atoms with Gasteiger partial charge >= 0.3 is 0 Å². The monoisotopic (exact) mass is 284 g/mol. The molecule has 0 aliphatic rings. The molecule has 0 heterocycles. The van der Waals surface area contributed by atoms with E-state index in [0.717, 1.165) is 0 Å². The van der Waals surface area contributed by atoms with Gasteiger partial charge in [0.1, 0.15) is 0 Å². The van der Waals surface area contributed by atoms with Gasteiger partial charge in [0, 0.05) is 0 Å². The highest BCUT2D eigenvalue weighted by molar-refractivity contribution is 6.14. The molecular formula is C15H16N4O2. The van der Waals surface area contributed by atoms with Gasteiger partial charge < -0.3 is 0 Å². The molecule has 0 unspecified atom stereocenters. The predicted octanol–water partition coefficient (Wildman–Crippen LogP) is -0.0475. The summed E-state index contributed by atoms with van der Waals surface area (Å²) in [7, 11) is 0. The van der Waals surface area contributed by atoms with Crippen LogP contribution >= 0.6 is 0 Å². The first-order chi connectivity index (χ1) is 10.2. The van der Waals surface area contributed by atoms with Crippen LogP contribution in [0.2, 0.25) is 0 Å². The van der Waals surface area contributed by atoms with Gasteiger partial charge in [0.2, 0.25) is 0 Å². The first-order valence-corrected chi connectivity index (χ1v) is 6.31. The highest BCUT2D eigenvalue weighted by Crippen LogP contribution is 2.32. The second-order valence-electron chi connectivity index (χ2n) is 4.43. The van der Waals surface area contributed by atoms with Gasteiger partial charge in [-0.25, -0.2) is 11.7 Å². The summed E-state index contributed by atoms with van der Waals surface area (Å²) in [5.41, 5.74) is 3.43. The van der Waals surface area contributed by atoms with E-state index in [4.69, 9.17) is 11.7 Å². The molecule has 0 aliphatic carbocycles. The average molecular weight is 284 g/mol. The van der Waals surface area contributed by atoms with Crippen molar-refractivity contribution >= 4 is 11.8 Å². The Labute approximate surface area is 122 Å². The normalized spacial score (nSPS) is 10.8. The Morgan fingerprint density at radius 1 is 0.714 bits per heavy atom. The lowest BCUT2D eigenvalue weighted by atomic mass is 9.73. The molecule has 0 saturated carbocycles. The quantitative estimate of drug-likeness (QED) is 0.273. The van der Waals surface area contributed by atoms with E-state index in [-0.39, 0.29) is 0 Å². The summed E-state index contributed by atoms with van der Waals surface area (Å²) in [6, 6.07) is 17.2. The van der Waals surface area contributed by atoms with Gasteiger partial charge in [0.15, 0.2) is 5.41 Å². The van der Waals surface area contributed by atoms with Crippen molar-refractivity contribution in [2.75, 3.05) is 0 Å².